The molecule has 1 saturated heterocycles. The summed E-state index contributed by atoms with van der Waals surface area (Å²) in [6.07, 6.45) is 1.77. The van der Waals surface area contributed by atoms with Crippen LogP contribution in [0.5, 0.6) is 0 Å². The minimum atomic E-state index is -0.00357. The van der Waals surface area contributed by atoms with E-state index in [4.69, 9.17) is 0 Å². The fourth-order valence-corrected chi connectivity index (χ4v) is 5.16. The van der Waals surface area contributed by atoms with E-state index >= 15 is 0 Å². The SMILES string of the molecule is Cn1nc(C(=O)N2C[C@@H]3C[C@H]2C[C@@H]3NC(=O)c2cccs2)c2ccccc21. The number of nitrogens with zero attached hydrogens (tertiary/aromatic N) is 3. The highest BCUT2D eigenvalue weighted by molar-refractivity contribution is 7.12. The second-order valence-electron chi connectivity index (χ2n) is 7.39. The Balaban J connectivity index is 1.32. The predicted molar refractivity (Wildman–Crippen MR) is 104 cm³/mol. The van der Waals surface area contributed by atoms with Gasteiger partial charge in [-0.1, -0.05) is 24.3 Å². The number of amides is 2. The summed E-state index contributed by atoms with van der Waals surface area (Å²) in [7, 11) is 1.87. The van der Waals surface area contributed by atoms with E-state index in [0.29, 0.717) is 18.2 Å². The van der Waals surface area contributed by atoms with Gasteiger partial charge in [0.2, 0.25) is 0 Å². The summed E-state index contributed by atoms with van der Waals surface area (Å²) >= 11 is 1.45. The minimum absolute atomic E-state index is 0.00216. The Morgan fingerprint density at radius 3 is 2.78 bits per heavy atom. The summed E-state index contributed by atoms with van der Waals surface area (Å²) in [6.45, 7) is 0.684. The summed E-state index contributed by atoms with van der Waals surface area (Å²) in [4.78, 5) is 28.2. The number of piperidine rings is 1. The topological polar surface area (TPSA) is 67.2 Å². The van der Waals surface area contributed by atoms with Gasteiger partial charge < -0.3 is 10.2 Å². The molecule has 2 aliphatic rings. The lowest BCUT2D eigenvalue weighted by molar-refractivity contribution is 0.0675. The van der Waals surface area contributed by atoms with Gasteiger partial charge in [-0.15, -0.1) is 11.3 Å². The Kier molecular flexibility index (Phi) is 3.79. The molecule has 27 heavy (non-hydrogen) atoms. The molecule has 1 saturated carbocycles. The van der Waals surface area contributed by atoms with Gasteiger partial charge in [0.05, 0.1) is 10.4 Å². The van der Waals surface area contributed by atoms with E-state index in [9.17, 15) is 9.59 Å². The number of carbonyl (C=O) groups is 2. The lowest BCUT2D eigenvalue weighted by Gasteiger charge is -2.31. The largest absolute Gasteiger partial charge is 0.348 e. The van der Waals surface area contributed by atoms with Crippen LogP contribution in [0.1, 0.15) is 33.0 Å². The number of nitrogens with one attached hydrogen (secondary N) is 1. The lowest BCUT2D eigenvalue weighted by Crippen LogP contribution is -2.47. The van der Waals surface area contributed by atoms with Gasteiger partial charge in [0.15, 0.2) is 5.69 Å². The Hall–Kier alpha value is -2.67. The van der Waals surface area contributed by atoms with Gasteiger partial charge in [-0.3, -0.25) is 14.3 Å². The highest BCUT2D eigenvalue weighted by atomic mass is 32.1. The molecule has 0 unspecified atom stereocenters. The molecule has 3 atom stereocenters. The van der Waals surface area contributed by atoms with Gasteiger partial charge >= 0.3 is 0 Å². The first-order valence-corrected chi connectivity index (χ1v) is 10.1. The van der Waals surface area contributed by atoms with E-state index < -0.39 is 0 Å². The fraction of sp³-hybridized carbons (Fsp3) is 0.350. The maximum absolute atomic E-state index is 13.1. The van der Waals surface area contributed by atoms with Gasteiger partial charge in [0.25, 0.3) is 11.8 Å². The molecule has 2 fully saturated rings. The van der Waals surface area contributed by atoms with Crippen molar-refractivity contribution < 1.29 is 9.59 Å². The Morgan fingerprint density at radius 2 is 2.04 bits per heavy atom. The van der Waals surface area contributed by atoms with Crippen LogP contribution >= 0.6 is 11.3 Å². The molecule has 2 amide bonds. The highest BCUT2D eigenvalue weighted by Crippen LogP contribution is 2.39. The van der Waals surface area contributed by atoms with Crippen molar-refractivity contribution in [2.24, 2.45) is 13.0 Å². The van der Waals surface area contributed by atoms with Crippen LogP contribution in [0.15, 0.2) is 41.8 Å². The van der Waals surface area contributed by atoms with E-state index in [1.165, 1.54) is 11.3 Å². The van der Waals surface area contributed by atoms with E-state index in [1.807, 2.05) is 53.7 Å². The van der Waals surface area contributed by atoms with Crippen LogP contribution in [0.3, 0.4) is 0 Å². The van der Waals surface area contributed by atoms with Crippen LogP contribution in [-0.4, -0.2) is 45.1 Å². The molecule has 2 aromatic heterocycles. The number of hydrogen-bond donors (Lipinski definition) is 1. The third-order valence-electron chi connectivity index (χ3n) is 5.82. The molecule has 7 heteroatoms. The predicted octanol–water partition coefficient (Wildman–Crippen LogP) is 2.67. The molecule has 138 valence electrons. The van der Waals surface area contributed by atoms with Gasteiger partial charge in [0.1, 0.15) is 0 Å². The van der Waals surface area contributed by atoms with Gasteiger partial charge in [-0.25, -0.2) is 0 Å². The van der Waals surface area contributed by atoms with Crippen molar-refractivity contribution in [1.82, 2.24) is 20.0 Å². The first-order valence-electron chi connectivity index (χ1n) is 9.19. The Morgan fingerprint density at radius 1 is 1.19 bits per heavy atom. The van der Waals surface area contributed by atoms with Gasteiger partial charge in [-0.05, 0) is 36.3 Å². The maximum Gasteiger partial charge on any atom is 0.275 e. The second kappa shape index (κ2) is 6.20. The van der Waals surface area contributed by atoms with Crippen LogP contribution in [0.4, 0.5) is 0 Å². The van der Waals surface area contributed by atoms with Crippen LogP contribution in [0, 0.1) is 5.92 Å². The molecule has 1 N–H and O–H groups in total. The smallest absolute Gasteiger partial charge is 0.275 e. The third kappa shape index (κ3) is 2.65. The van der Waals surface area contributed by atoms with Crippen molar-refractivity contribution in [2.75, 3.05) is 6.54 Å². The molecular weight excluding hydrogens is 360 g/mol. The highest BCUT2D eigenvalue weighted by Gasteiger charge is 2.47. The Bertz CT molecular complexity index is 1030. The first-order chi connectivity index (χ1) is 13.1. The van der Waals surface area contributed by atoms with Crippen molar-refractivity contribution in [3.8, 4) is 0 Å². The number of hydrogen-bond acceptors (Lipinski definition) is 4. The number of thiophene rings is 1. The molecule has 5 rings (SSSR count). The number of aryl methyl sites for hydroxylation is 1. The zero-order valence-electron chi connectivity index (χ0n) is 15.0. The number of aromatic nitrogens is 2. The molecular formula is C20H20N4O2S. The summed E-state index contributed by atoms with van der Waals surface area (Å²) in [5.41, 5.74) is 1.49. The number of rotatable bonds is 3. The van der Waals surface area contributed by atoms with Crippen molar-refractivity contribution in [2.45, 2.75) is 24.9 Å². The van der Waals surface area contributed by atoms with E-state index in [2.05, 4.69) is 10.4 Å². The lowest BCUT2D eigenvalue weighted by atomic mass is 10.0. The second-order valence-corrected chi connectivity index (χ2v) is 8.34. The summed E-state index contributed by atoms with van der Waals surface area (Å²) in [5.74, 6) is 0.316. The number of fused-ring (bicyclic) bond motifs is 3. The zero-order chi connectivity index (χ0) is 18.5. The van der Waals surface area contributed by atoms with E-state index in [-0.39, 0.29) is 23.9 Å². The molecule has 1 aliphatic heterocycles. The molecule has 1 aromatic carbocycles. The third-order valence-corrected chi connectivity index (χ3v) is 6.69. The van der Waals surface area contributed by atoms with Crippen LogP contribution in [-0.2, 0) is 7.05 Å². The van der Waals surface area contributed by atoms with Crippen LogP contribution in [0.25, 0.3) is 10.9 Å². The quantitative estimate of drug-likeness (QED) is 0.760. The summed E-state index contributed by atoms with van der Waals surface area (Å²) in [5, 5.41) is 10.4. The zero-order valence-corrected chi connectivity index (χ0v) is 15.8. The summed E-state index contributed by atoms with van der Waals surface area (Å²) in [6, 6.07) is 11.9. The van der Waals surface area contributed by atoms with Gasteiger partial charge in [-0.2, -0.15) is 5.10 Å². The molecule has 1 aliphatic carbocycles. The van der Waals surface area contributed by atoms with Crippen molar-refractivity contribution >= 4 is 34.1 Å². The molecule has 0 radical (unpaired) electrons. The monoisotopic (exact) mass is 380 g/mol. The minimum Gasteiger partial charge on any atom is -0.348 e. The van der Waals surface area contributed by atoms with Crippen molar-refractivity contribution in [1.29, 1.82) is 0 Å². The first kappa shape index (κ1) is 16.5. The van der Waals surface area contributed by atoms with Crippen molar-refractivity contribution in [3.63, 3.8) is 0 Å². The van der Waals surface area contributed by atoms with E-state index in [0.717, 1.165) is 28.6 Å². The number of likely N-dealkylation sites (tertiary alicyclic amines) is 1. The fourth-order valence-electron chi connectivity index (χ4n) is 4.53. The van der Waals surface area contributed by atoms with Gasteiger partial charge in [0, 0.05) is 31.1 Å². The summed E-state index contributed by atoms with van der Waals surface area (Å²) < 4.78 is 1.76. The molecule has 2 bridgehead atoms. The van der Waals surface area contributed by atoms with Crippen LogP contribution in [0.2, 0.25) is 0 Å². The Labute approximate surface area is 160 Å². The number of carbonyl (C=O) groups excluding carboxylic acids is 2. The standard InChI is InChI=1S/C20H20N4O2S/c1-23-16-6-3-2-5-14(16)18(22-23)20(26)24-11-12-9-13(24)10-15(12)21-19(25)17-7-4-8-27-17/h2-8,12-13,15H,9-11H2,1H3,(H,21,25)/t12-,13-,15-/m0/s1. The number of para-hydroxylation sites is 1. The normalized spacial score (nSPS) is 23.9. The molecule has 3 aromatic rings. The van der Waals surface area contributed by atoms with Crippen LogP contribution < -0.4 is 5.32 Å². The maximum atomic E-state index is 13.1. The number of benzene rings is 1. The average Bonchev–Trinajstić information content (AvgIpc) is 3.45. The molecule has 3 heterocycles. The van der Waals surface area contributed by atoms with Crippen molar-refractivity contribution in [3.05, 3.63) is 52.3 Å². The molecule has 0 spiro atoms. The average molecular weight is 380 g/mol. The van der Waals surface area contributed by atoms with E-state index in [1.54, 1.807) is 4.68 Å². The molecule has 6 nitrogen and oxygen atoms in total.